The molecule has 3 N–H and O–H groups in total. The molecule has 0 spiro atoms. The average molecular weight is 246 g/mol. The molecule has 2 heterocycles. The number of hydrazine groups is 1. The molecule has 0 bridgehead atoms. The van der Waals surface area contributed by atoms with Crippen LogP contribution in [0, 0.1) is 13.8 Å². The molecule has 2 rings (SSSR count). The highest BCUT2D eigenvalue weighted by Crippen LogP contribution is 2.27. The normalized spacial score (nSPS) is 10.3. The van der Waals surface area contributed by atoms with E-state index in [1.54, 1.807) is 18.0 Å². The second-order valence-corrected chi connectivity index (χ2v) is 4.84. The molecule has 0 atom stereocenters. The fourth-order valence-corrected chi connectivity index (χ4v) is 2.51. The van der Waals surface area contributed by atoms with Crippen LogP contribution in [0.25, 0.3) is 0 Å². The molecule has 0 amide bonds. The number of aryl methyl sites for hydroxylation is 2. The summed E-state index contributed by atoms with van der Waals surface area (Å²) >= 11 is 1.60. The predicted molar refractivity (Wildman–Crippen MR) is 69.9 cm³/mol. The lowest BCUT2D eigenvalue weighted by Gasteiger charge is -2.05. The molecular weight excluding hydrogens is 232 g/mol. The van der Waals surface area contributed by atoms with Gasteiger partial charge in [-0.15, -0.1) is 0 Å². The number of rotatable bonds is 3. The average Bonchev–Trinajstić information content (AvgIpc) is 2.28. The van der Waals surface area contributed by atoms with Gasteiger partial charge in [-0.05, 0) is 43.7 Å². The van der Waals surface area contributed by atoms with E-state index >= 15 is 0 Å². The summed E-state index contributed by atoms with van der Waals surface area (Å²) in [5.74, 6) is 5.98. The van der Waals surface area contributed by atoms with Crippen LogP contribution < -0.4 is 11.3 Å². The number of pyridine rings is 2. The van der Waals surface area contributed by atoms with Crippen molar-refractivity contribution in [2.24, 2.45) is 5.84 Å². The molecule has 17 heavy (non-hydrogen) atoms. The molecule has 2 aromatic rings. The van der Waals surface area contributed by atoms with Crippen molar-refractivity contribution < 1.29 is 0 Å². The zero-order chi connectivity index (χ0) is 12.3. The van der Waals surface area contributed by atoms with Crippen molar-refractivity contribution in [3.05, 3.63) is 41.7 Å². The van der Waals surface area contributed by atoms with E-state index in [2.05, 4.69) is 34.5 Å². The molecule has 0 radical (unpaired) electrons. The highest BCUT2D eigenvalue weighted by Gasteiger charge is 2.02. The van der Waals surface area contributed by atoms with E-state index in [0.29, 0.717) is 5.82 Å². The summed E-state index contributed by atoms with van der Waals surface area (Å²) in [6, 6.07) is 7.95. The molecule has 0 aliphatic heterocycles. The van der Waals surface area contributed by atoms with Gasteiger partial charge in [-0.25, -0.2) is 15.8 Å². The first-order chi connectivity index (χ1) is 8.17. The third kappa shape index (κ3) is 3.18. The summed E-state index contributed by atoms with van der Waals surface area (Å²) in [7, 11) is 0. The van der Waals surface area contributed by atoms with Gasteiger partial charge in [-0.1, -0.05) is 11.8 Å². The predicted octanol–water partition coefficient (Wildman–Crippen LogP) is 2.53. The number of nitrogens with two attached hydrogens (primary N) is 1. The van der Waals surface area contributed by atoms with E-state index in [1.165, 1.54) is 5.56 Å². The molecule has 5 heteroatoms. The van der Waals surface area contributed by atoms with Gasteiger partial charge in [0.1, 0.15) is 10.8 Å². The monoisotopic (exact) mass is 246 g/mol. The molecule has 0 unspecified atom stereocenters. The zero-order valence-electron chi connectivity index (χ0n) is 9.77. The Labute approximate surface area is 105 Å². The molecule has 0 aromatic carbocycles. The second kappa shape index (κ2) is 5.16. The smallest absolute Gasteiger partial charge is 0.140 e. The quantitative estimate of drug-likeness (QED) is 0.643. The molecule has 0 saturated carbocycles. The lowest BCUT2D eigenvalue weighted by molar-refractivity contribution is 1.05. The second-order valence-electron chi connectivity index (χ2n) is 3.75. The summed E-state index contributed by atoms with van der Waals surface area (Å²) in [6.45, 7) is 4.06. The Morgan fingerprint density at radius 1 is 1.24 bits per heavy atom. The van der Waals surface area contributed by atoms with Crippen LogP contribution in [-0.2, 0) is 0 Å². The molecule has 88 valence electrons. The number of nitrogen functional groups attached to an aromatic ring is 1. The lowest BCUT2D eigenvalue weighted by Crippen LogP contribution is -2.07. The van der Waals surface area contributed by atoms with Crippen molar-refractivity contribution in [3.63, 3.8) is 0 Å². The highest BCUT2D eigenvalue weighted by molar-refractivity contribution is 7.99. The van der Waals surface area contributed by atoms with E-state index in [9.17, 15) is 0 Å². The minimum Gasteiger partial charge on any atom is -0.308 e. The van der Waals surface area contributed by atoms with Crippen LogP contribution in [0.5, 0.6) is 0 Å². The van der Waals surface area contributed by atoms with E-state index < -0.39 is 0 Å². The van der Waals surface area contributed by atoms with Gasteiger partial charge < -0.3 is 5.43 Å². The Kier molecular flexibility index (Phi) is 3.61. The molecule has 0 fully saturated rings. The molecular formula is C12H14N4S. The van der Waals surface area contributed by atoms with Crippen molar-refractivity contribution in [1.29, 1.82) is 0 Å². The maximum absolute atomic E-state index is 5.32. The molecule has 0 aliphatic carbocycles. The highest BCUT2D eigenvalue weighted by atomic mass is 32.2. The standard InChI is InChI=1S/C12H14N4S/c1-8-5-9(2)15-12(6-8)17-10-3-4-14-11(7-10)16-13/h3-7H,13H2,1-2H3,(H,14,16). The van der Waals surface area contributed by atoms with Crippen LogP contribution in [0.1, 0.15) is 11.3 Å². The van der Waals surface area contributed by atoms with Gasteiger partial charge in [0.25, 0.3) is 0 Å². The first-order valence-electron chi connectivity index (χ1n) is 5.23. The van der Waals surface area contributed by atoms with Crippen LogP contribution >= 0.6 is 11.8 Å². The Morgan fingerprint density at radius 3 is 2.76 bits per heavy atom. The lowest BCUT2D eigenvalue weighted by atomic mass is 10.3. The maximum Gasteiger partial charge on any atom is 0.140 e. The number of hydrogen-bond acceptors (Lipinski definition) is 5. The van der Waals surface area contributed by atoms with Crippen molar-refractivity contribution in [2.75, 3.05) is 5.43 Å². The van der Waals surface area contributed by atoms with Crippen molar-refractivity contribution in [1.82, 2.24) is 9.97 Å². The van der Waals surface area contributed by atoms with E-state index in [-0.39, 0.29) is 0 Å². The summed E-state index contributed by atoms with van der Waals surface area (Å²) in [4.78, 5) is 9.60. The Bertz CT molecular complexity index is 507. The minimum atomic E-state index is 0.652. The number of hydrogen-bond donors (Lipinski definition) is 2. The molecule has 4 nitrogen and oxygen atoms in total. The zero-order valence-corrected chi connectivity index (χ0v) is 10.6. The van der Waals surface area contributed by atoms with Crippen LogP contribution in [-0.4, -0.2) is 9.97 Å². The van der Waals surface area contributed by atoms with E-state index in [0.717, 1.165) is 15.6 Å². The fourth-order valence-electron chi connectivity index (χ4n) is 1.53. The SMILES string of the molecule is Cc1cc(C)nc(Sc2ccnc(NN)c2)c1. The van der Waals surface area contributed by atoms with Gasteiger partial charge >= 0.3 is 0 Å². The van der Waals surface area contributed by atoms with Gasteiger partial charge in [0.05, 0.1) is 0 Å². The summed E-state index contributed by atoms with van der Waals surface area (Å²) in [6.07, 6.45) is 1.72. The van der Waals surface area contributed by atoms with Crippen molar-refractivity contribution >= 4 is 17.6 Å². The fraction of sp³-hybridized carbons (Fsp3) is 0.167. The van der Waals surface area contributed by atoms with Crippen LogP contribution in [0.15, 0.2) is 40.4 Å². The molecule has 2 aromatic heterocycles. The van der Waals surface area contributed by atoms with Gasteiger partial charge in [-0.3, -0.25) is 0 Å². The molecule has 0 aliphatic rings. The van der Waals surface area contributed by atoms with Crippen molar-refractivity contribution in [3.8, 4) is 0 Å². The summed E-state index contributed by atoms with van der Waals surface area (Å²) in [5, 5.41) is 0.983. The Hall–Kier alpha value is -1.59. The number of nitrogens with zero attached hydrogens (tertiary/aromatic N) is 2. The van der Waals surface area contributed by atoms with Gasteiger partial charge in [0.2, 0.25) is 0 Å². The van der Waals surface area contributed by atoms with E-state index in [4.69, 9.17) is 5.84 Å². The number of nitrogens with one attached hydrogen (secondary N) is 1. The van der Waals surface area contributed by atoms with Gasteiger partial charge in [-0.2, -0.15) is 0 Å². The topological polar surface area (TPSA) is 63.8 Å². The Balaban J connectivity index is 2.24. The van der Waals surface area contributed by atoms with Crippen LogP contribution in [0.4, 0.5) is 5.82 Å². The first-order valence-corrected chi connectivity index (χ1v) is 6.05. The van der Waals surface area contributed by atoms with Crippen molar-refractivity contribution in [2.45, 2.75) is 23.8 Å². The van der Waals surface area contributed by atoms with Crippen LogP contribution in [0.2, 0.25) is 0 Å². The number of aromatic nitrogens is 2. The first kappa shape index (κ1) is 11.9. The summed E-state index contributed by atoms with van der Waals surface area (Å²) in [5.41, 5.74) is 4.77. The van der Waals surface area contributed by atoms with E-state index in [1.807, 2.05) is 19.1 Å². The van der Waals surface area contributed by atoms with Gasteiger partial charge in [0, 0.05) is 16.8 Å². The Morgan fingerprint density at radius 2 is 2.06 bits per heavy atom. The third-order valence-corrected chi connectivity index (χ3v) is 3.08. The minimum absolute atomic E-state index is 0.652. The molecule has 0 saturated heterocycles. The largest absolute Gasteiger partial charge is 0.308 e. The number of anilines is 1. The maximum atomic E-state index is 5.32. The van der Waals surface area contributed by atoms with Gasteiger partial charge in [0.15, 0.2) is 0 Å². The van der Waals surface area contributed by atoms with Crippen LogP contribution in [0.3, 0.4) is 0 Å². The summed E-state index contributed by atoms with van der Waals surface area (Å²) < 4.78 is 0. The third-order valence-electron chi connectivity index (χ3n) is 2.18.